The molecule has 0 radical (unpaired) electrons. The Kier molecular flexibility index (Phi) is 3.80. The second kappa shape index (κ2) is 5.32. The van der Waals surface area contributed by atoms with Crippen molar-refractivity contribution in [2.45, 2.75) is 63.5 Å². The highest BCUT2D eigenvalue weighted by atomic mass is 16.2. The summed E-state index contributed by atoms with van der Waals surface area (Å²) in [6.07, 6.45) is 8.71. The van der Waals surface area contributed by atoms with Crippen LogP contribution in [0.15, 0.2) is 0 Å². The van der Waals surface area contributed by atoms with Gasteiger partial charge in [-0.3, -0.25) is 9.59 Å². The molecule has 0 unspecified atom stereocenters. The maximum absolute atomic E-state index is 11.6. The summed E-state index contributed by atoms with van der Waals surface area (Å²) in [6, 6.07) is 0.448. The fourth-order valence-corrected chi connectivity index (χ4v) is 2.64. The number of hydrogen-bond acceptors (Lipinski definition) is 2. The van der Waals surface area contributed by atoms with E-state index < -0.39 is 11.8 Å². The fourth-order valence-electron chi connectivity index (χ4n) is 2.64. The third-order valence-electron chi connectivity index (χ3n) is 3.59. The Morgan fingerprint density at radius 2 is 1.00 bits per heavy atom. The smallest absolute Gasteiger partial charge is 0.309 e. The Labute approximate surface area is 96.2 Å². The van der Waals surface area contributed by atoms with E-state index in [0.29, 0.717) is 0 Å². The molecule has 90 valence electrons. The van der Waals surface area contributed by atoms with Gasteiger partial charge in [0.1, 0.15) is 0 Å². The van der Waals surface area contributed by atoms with Crippen molar-refractivity contribution in [1.82, 2.24) is 10.6 Å². The summed E-state index contributed by atoms with van der Waals surface area (Å²) in [5.41, 5.74) is 0. The molecule has 2 N–H and O–H groups in total. The van der Waals surface area contributed by atoms with Crippen LogP contribution in [0.4, 0.5) is 0 Å². The molecule has 0 aromatic heterocycles. The number of rotatable bonds is 2. The number of hydrogen-bond donors (Lipinski definition) is 2. The molecule has 4 heteroatoms. The highest BCUT2D eigenvalue weighted by Crippen LogP contribution is 2.18. The summed E-state index contributed by atoms with van der Waals surface area (Å²) in [6.45, 7) is 0. The van der Waals surface area contributed by atoms with Gasteiger partial charge in [0, 0.05) is 12.1 Å². The van der Waals surface area contributed by atoms with Gasteiger partial charge in [-0.05, 0) is 25.7 Å². The monoisotopic (exact) mass is 224 g/mol. The summed E-state index contributed by atoms with van der Waals surface area (Å²) >= 11 is 0. The van der Waals surface area contributed by atoms with Crippen LogP contribution in [0.3, 0.4) is 0 Å². The first-order chi connectivity index (χ1) is 7.75. The topological polar surface area (TPSA) is 58.2 Å². The predicted molar refractivity (Wildman–Crippen MR) is 60.8 cm³/mol. The van der Waals surface area contributed by atoms with Gasteiger partial charge in [-0.25, -0.2) is 0 Å². The van der Waals surface area contributed by atoms with Gasteiger partial charge in [-0.1, -0.05) is 25.7 Å². The minimum atomic E-state index is -0.446. The second-order valence-electron chi connectivity index (χ2n) is 4.91. The summed E-state index contributed by atoms with van der Waals surface area (Å²) in [4.78, 5) is 23.1. The van der Waals surface area contributed by atoms with Crippen LogP contribution < -0.4 is 10.6 Å². The molecule has 0 aromatic rings. The van der Waals surface area contributed by atoms with Crippen LogP contribution in [0.25, 0.3) is 0 Å². The minimum Gasteiger partial charge on any atom is -0.345 e. The molecule has 2 saturated carbocycles. The Morgan fingerprint density at radius 1 is 0.688 bits per heavy atom. The molecule has 0 aromatic carbocycles. The van der Waals surface area contributed by atoms with Crippen molar-refractivity contribution in [2.24, 2.45) is 0 Å². The van der Waals surface area contributed by atoms with Crippen LogP contribution in [0.5, 0.6) is 0 Å². The van der Waals surface area contributed by atoms with E-state index in [1.54, 1.807) is 0 Å². The predicted octanol–water partition coefficient (Wildman–Crippen LogP) is 1.10. The third-order valence-corrected chi connectivity index (χ3v) is 3.59. The van der Waals surface area contributed by atoms with Gasteiger partial charge < -0.3 is 10.6 Å². The first kappa shape index (κ1) is 11.4. The average Bonchev–Trinajstić information content (AvgIpc) is 2.90. The highest BCUT2D eigenvalue weighted by molar-refractivity contribution is 6.35. The molecule has 0 saturated heterocycles. The molecule has 2 amide bonds. The Bertz CT molecular complexity index is 238. The molecule has 0 aliphatic heterocycles. The van der Waals surface area contributed by atoms with Crippen LogP contribution in [0.2, 0.25) is 0 Å². The Morgan fingerprint density at radius 3 is 1.31 bits per heavy atom. The lowest BCUT2D eigenvalue weighted by atomic mass is 10.2. The average molecular weight is 224 g/mol. The largest absolute Gasteiger partial charge is 0.345 e. The molecule has 2 aliphatic rings. The summed E-state index contributed by atoms with van der Waals surface area (Å²) in [5.74, 6) is -0.891. The molecule has 2 rings (SSSR count). The summed E-state index contributed by atoms with van der Waals surface area (Å²) in [5, 5.41) is 5.60. The minimum absolute atomic E-state index is 0.224. The lowest BCUT2D eigenvalue weighted by molar-refractivity contribution is -0.140. The first-order valence-electron chi connectivity index (χ1n) is 6.37. The lowest BCUT2D eigenvalue weighted by Crippen LogP contribution is -2.46. The molecular formula is C12H20N2O2. The number of nitrogens with one attached hydrogen (secondary N) is 2. The zero-order valence-electron chi connectivity index (χ0n) is 9.63. The van der Waals surface area contributed by atoms with Crippen molar-refractivity contribution in [3.63, 3.8) is 0 Å². The molecule has 0 heterocycles. The van der Waals surface area contributed by atoms with E-state index in [-0.39, 0.29) is 12.1 Å². The normalized spacial score (nSPS) is 22.2. The molecule has 2 aliphatic carbocycles. The number of carbonyl (C=O) groups excluding carboxylic acids is 2. The van der Waals surface area contributed by atoms with Gasteiger partial charge in [0.05, 0.1) is 0 Å². The van der Waals surface area contributed by atoms with E-state index in [4.69, 9.17) is 0 Å². The van der Waals surface area contributed by atoms with Crippen molar-refractivity contribution in [3.8, 4) is 0 Å². The molecule has 0 atom stereocenters. The van der Waals surface area contributed by atoms with E-state index in [1.165, 1.54) is 0 Å². The van der Waals surface area contributed by atoms with Crippen molar-refractivity contribution < 1.29 is 9.59 Å². The standard InChI is InChI=1S/C12H20N2O2/c15-11(13-9-5-1-2-6-9)12(16)14-10-7-3-4-8-10/h9-10H,1-8H2,(H,13,15)(H,14,16). The van der Waals surface area contributed by atoms with Crippen molar-refractivity contribution in [3.05, 3.63) is 0 Å². The maximum Gasteiger partial charge on any atom is 0.309 e. The molecule has 0 spiro atoms. The van der Waals surface area contributed by atoms with Crippen molar-refractivity contribution >= 4 is 11.8 Å². The molecule has 0 bridgehead atoms. The van der Waals surface area contributed by atoms with E-state index >= 15 is 0 Å². The van der Waals surface area contributed by atoms with Gasteiger partial charge in [0.2, 0.25) is 0 Å². The highest BCUT2D eigenvalue weighted by Gasteiger charge is 2.24. The third kappa shape index (κ3) is 2.97. The van der Waals surface area contributed by atoms with Gasteiger partial charge >= 0.3 is 11.8 Å². The van der Waals surface area contributed by atoms with Gasteiger partial charge in [0.25, 0.3) is 0 Å². The van der Waals surface area contributed by atoms with Crippen molar-refractivity contribution in [2.75, 3.05) is 0 Å². The van der Waals surface area contributed by atoms with Crippen LogP contribution in [0, 0.1) is 0 Å². The van der Waals surface area contributed by atoms with Gasteiger partial charge in [-0.15, -0.1) is 0 Å². The van der Waals surface area contributed by atoms with Crippen LogP contribution in [-0.4, -0.2) is 23.9 Å². The Hall–Kier alpha value is -1.06. The first-order valence-corrected chi connectivity index (χ1v) is 6.37. The second-order valence-corrected chi connectivity index (χ2v) is 4.91. The van der Waals surface area contributed by atoms with E-state index in [0.717, 1.165) is 51.4 Å². The molecule has 2 fully saturated rings. The Balaban J connectivity index is 1.72. The van der Waals surface area contributed by atoms with Gasteiger partial charge in [0.15, 0.2) is 0 Å². The summed E-state index contributed by atoms with van der Waals surface area (Å²) < 4.78 is 0. The van der Waals surface area contributed by atoms with Crippen molar-refractivity contribution in [1.29, 1.82) is 0 Å². The van der Waals surface area contributed by atoms with Crippen LogP contribution >= 0.6 is 0 Å². The van der Waals surface area contributed by atoms with E-state index in [1.807, 2.05) is 0 Å². The number of amides is 2. The lowest BCUT2D eigenvalue weighted by Gasteiger charge is -2.14. The van der Waals surface area contributed by atoms with E-state index in [9.17, 15) is 9.59 Å². The zero-order chi connectivity index (χ0) is 11.4. The zero-order valence-corrected chi connectivity index (χ0v) is 9.63. The maximum atomic E-state index is 11.6. The van der Waals surface area contributed by atoms with Crippen LogP contribution in [-0.2, 0) is 9.59 Å². The number of carbonyl (C=O) groups is 2. The molecule has 4 nitrogen and oxygen atoms in total. The SMILES string of the molecule is O=C(NC1CCCC1)C(=O)NC1CCCC1. The van der Waals surface area contributed by atoms with Gasteiger partial charge in [-0.2, -0.15) is 0 Å². The summed E-state index contributed by atoms with van der Waals surface area (Å²) in [7, 11) is 0. The molecular weight excluding hydrogens is 204 g/mol. The fraction of sp³-hybridized carbons (Fsp3) is 0.833. The van der Waals surface area contributed by atoms with E-state index in [2.05, 4.69) is 10.6 Å². The van der Waals surface area contributed by atoms with Crippen LogP contribution in [0.1, 0.15) is 51.4 Å². The quantitative estimate of drug-likeness (QED) is 0.690. The molecule has 16 heavy (non-hydrogen) atoms.